The first kappa shape index (κ1) is 106. The lowest BCUT2D eigenvalue weighted by Crippen LogP contribution is -2.30. The second kappa shape index (κ2) is 84.8. The van der Waals surface area contributed by atoms with Crippen molar-refractivity contribution in [2.24, 2.45) is 0 Å². The Morgan fingerprint density at radius 3 is 0.712 bits per heavy atom. The number of aliphatic hydroxyl groups is 2. The average Bonchev–Trinajstić information content (AvgIpc) is 0.900. The van der Waals surface area contributed by atoms with Gasteiger partial charge in [0, 0.05) is 19.3 Å². The molecule has 111 heavy (non-hydrogen) atoms. The molecule has 0 rings (SSSR count). The number of allylic oxidation sites excluding steroid dienone is 24. The summed E-state index contributed by atoms with van der Waals surface area (Å²) in [5.74, 6) is -1.59. The van der Waals surface area contributed by atoms with Crippen molar-refractivity contribution in [1.82, 2.24) is 0 Å². The summed E-state index contributed by atoms with van der Waals surface area (Å²) in [6.45, 7) is 2.61. The van der Waals surface area contributed by atoms with Gasteiger partial charge < -0.3 is 34.2 Å². The Morgan fingerprint density at radius 1 is 0.252 bits per heavy atom. The zero-order chi connectivity index (χ0) is 80.8. The fraction of sp³-hybridized carbons (Fsp3) is 0.710. The first-order valence-electron chi connectivity index (χ1n) is 44.1. The Morgan fingerprint density at radius 2 is 0.450 bits per heavy atom. The standard InChI is InChI=1S/C93H160O16P2/c1-4-7-10-13-16-19-22-25-28-31-34-37-40-41-42-43-44-45-48-50-52-55-58-61-64-67-70-73-76-79-91(96)103-82-88(94)83-105-110(99,100)106-84-89(95)85-107-111(101,102)108-87-90(109-93(98)81-78-75-72-69-66-63-60-57-54-51-47-39-36-33-30-27-24-21-18-15-12-9-6-3)86-104-92(97)80-77-74-71-68-65-62-59-56-53-49-46-38-35-32-29-26-23-20-17-14-11-8-5-2/h16-21,25-30,34-39,41-42,49,51,53-54,88-90,94-95H,4-15,22-24,31-33,40,43-48,50,52,55-87H2,1-3H3,(H,99,100)(H,101,102)/b19-16-,20-17-,21-18-,28-25-,29-26-,30-27-,37-34-,38-35-,39-36-,42-41-,53-49-,54-51-. The summed E-state index contributed by atoms with van der Waals surface area (Å²) in [6, 6.07) is 0. The third-order valence-electron chi connectivity index (χ3n) is 18.5. The van der Waals surface area contributed by atoms with Gasteiger partial charge in [0.05, 0.1) is 26.4 Å². The number of hydrogen-bond donors (Lipinski definition) is 4. The molecule has 0 aromatic heterocycles. The largest absolute Gasteiger partial charge is 0.472 e. The minimum Gasteiger partial charge on any atom is -0.463 e. The molecule has 0 bridgehead atoms. The normalized spacial score (nSPS) is 14.5. The summed E-state index contributed by atoms with van der Waals surface area (Å²) in [5, 5.41) is 20.7. The maximum atomic E-state index is 13.1. The number of unbranched alkanes of at least 4 members (excludes halogenated alkanes) is 36. The number of ether oxygens (including phenoxy) is 3. The zero-order valence-corrected chi connectivity index (χ0v) is 71.9. The van der Waals surface area contributed by atoms with Gasteiger partial charge >= 0.3 is 33.6 Å². The van der Waals surface area contributed by atoms with Crippen LogP contribution >= 0.6 is 15.6 Å². The van der Waals surface area contributed by atoms with E-state index in [1.165, 1.54) is 135 Å². The van der Waals surface area contributed by atoms with E-state index in [-0.39, 0.29) is 19.3 Å². The van der Waals surface area contributed by atoms with Gasteiger partial charge in [-0.05, 0) is 154 Å². The van der Waals surface area contributed by atoms with Crippen molar-refractivity contribution in [3.63, 3.8) is 0 Å². The van der Waals surface area contributed by atoms with E-state index in [0.29, 0.717) is 19.3 Å². The van der Waals surface area contributed by atoms with Crippen molar-refractivity contribution in [1.29, 1.82) is 0 Å². The molecule has 0 heterocycles. The van der Waals surface area contributed by atoms with Crippen LogP contribution in [-0.2, 0) is 55.8 Å². The van der Waals surface area contributed by atoms with E-state index in [2.05, 4.69) is 167 Å². The monoisotopic (exact) mass is 1600 g/mol. The highest BCUT2D eigenvalue weighted by molar-refractivity contribution is 7.47. The van der Waals surface area contributed by atoms with Crippen molar-refractivity contribution < 1.29 is 75.8 Å². The number of rotatable bonds is 83. The molecular formula is C93H160O16P2. The fourth-order valence-corrected chi connectivity index (χ4v) is 13.3. The number of aliphatic hydroxyl groups excluding tert-OH is 2. The Hall–Kier alpha value is -4.57. The maximum absolute atomic E-state index is 13.1. The van der Waals surface area contributed by atoms with E-state index in [9.17, 15) is 43.5 Å². The minimum atomic E-state index is -4.95. The summed E-state index contributed by atoms with van der Waals surface area (Å²) in [6.07, 6.45) is 106. The average molecular weight is 1600 g/mol. The van der Waals surface area contributed by atoms with Crippen molar-refractivity contribution >= 4 is 33.6 Å². The predicted molar refractivity (Wildman–Crippen MR) is 463 cm³/mol. The third-order valence-corrected chi connectivity index (χ3v) is 20.4. The van der Waals surface area contributed by atoms with Crippen LogP contribution in [0.25, 0.3) is 0 Å². The molecule has 5 atom stereocenters. The molecule has 4 N–H and O–H groups in total. The molecule has 0 saturated heterocycles. The lowest BCUT2D eigenvalue weighted by molar-refractivity contribution is -0.161. The Bertz CT molecular complexity index is 2600. The molecule has 18 heteroatoms. The highest BCUT2D eigenvalue weighted by atomic mass is 31.2. The number of phosphoric acid groups is 2. The fourth-order valence-electron chi connectivity index (χ4n) is 11.8. The van der Waals surface area contributed by atoms with Crippen LogP contribution in [0.2, 0.25) is 0 Å². The summed E-state index contributed by atoms with van der Waals surface area (Å²) < 4.78 is 61.4. The van der Waals surface area contributed by atoms with E-state index in [1.54, 1.807) is 0 Å². The van der Waals surface area contributed by atoms with E-state index < -0.39 is 91.5 Å². The molecule has 0 aromatic carbocycles. The SMILES string of the molecule is CCCCC/C=C\C/C=C\C/C=C\C/C=C\CCCCCCCCCCCCCCCC(=O)OCC(O)COP(=O)(O)OCC(O)COP(=O)(O)OCC(COC(=O)CCCCCCCCC/C=C\C/C=C\C/C=C\C/C=C\CCCCC)OC(=O)CCCCCCCCC/C=C\C/C=C\C/C=C\C/C=C\CCCCC. The van der Waals surface area contributed by atoms with Gasteiger partial charge in [-0.2, -0.15) is 0 Å². The molecule has 16 nitrogen and oxygen atoms in total. The predicted octanol–water partition coefficient (Wildman–Crippen LogP) is 26.8. The molecule has 0 fully saturated rings. The first-order chi connectivity index (χ1) is 54.2. The molecular weight excluding hydrogens is 1430 g/mol. The summed E-state index contributed by atoms with van der Waals surface area (Å²) in [5.41, 5.74) is 0. The number of phosphoric ester groups is 2. The number of esters is 3. The third kappa shape index (κ3) is 86.1. The molecule has 638 valence electrons. The molecule has 5 unspecified atom stereocenters. The lowest BCUT2D eigenvalue weighted by Gasteiger charge is -2.21. The van der Waals surface area contributed by atoms with Crippen molar-refractivity contribution in [3.05, 3.63) is 146 Å². The van der Waals surface area contributed by atoms with E-state index in [1.807, 2.05) is 0 Å². The lowest BCUT2D eigenvalue weighted by atomic mass is 10.0. The van der Waals surface area contributed by atoms with Crippen molar-refractivity contribution in [3.8, 4) is 0 Å². The molecule has 0 aliphatic heterocycles. The number of hydrogen-bond acceptors (Lipinski definition) is 14. The molecule has 0 saturated carbocycles. The van der Waals surface area contributed by atoms with Crippen LogP contribution < -0.4 is 0 Å². The smallest absolute Gasteiger partial charge is 0.463 e. The molecule has 0 aliphatic carbocycles. The number of carbonyl (C=O) groups excluding carboxylic acids is 3. The van der Waals surface area contributed by atoms with E-state index >= 15 is 0 Å². The van der Waals surface area contributed by atoms with E-state index in [4.69, 9.17) is 32.3 Å². The van der Waals surface area contributed by atoms with Gasteiger partial charge in [0.15, 0.2) is 6.10 Å². The van der Waals surface area contributed by atoms with Crippen molar-refractivity contribution in [2.75, 3.05) is 39.6 Å². The van der Waals surface area contributed by atoms with Crippen LogP contribution in [0.4, 0.5) is 0 Å². The van der Waals surface area contributed by atoms with Crippen LogP contribution in [0.15, 0.2) is 146 Å². The van der Waals surface area contributed by atoms with Crippen LogP contribution in [0.5, 0.6) is 0 Å². The number of carbonyl (C=O) groups is 3. The van der Waals surface area contributed by atoms with Gasteiger partial charge in [0.25, 0.3) is 0 Å². The highest BCUT2D eigenvalue weighted by Crippen LogP contribution is 2.45. The van der Waals surface area contributed by atoms with Gasteiger partial charge in [0.1, 0.15) is 25.4 Å². The van der Waals surface area contributed by atoms with Crippen molar-refractivity contribution in [2.45, 2.75) is 386 Å². The van der Waals surface area contributed by atoms with E-state index in [0.717, 1.165) is 173 Å². The van der Waals surface area contributed by atoms with Crippen LogP contribution in [0, 0.1) is 0 Å². The van der Waals surface area contributed by atoms with Gasteiger partial charge in [-0.15, -0.1) is 0 Å². The quantitative estimate of drug-likeness (QED) is 0.0146. The molecule has 0 amide bonds. The Labute approximate surface area is 677 Å². The van der Waals surface area contributed by atoms with Gasteiger partial charge in [-0.25, -0.2) is 9.13 Å². The van der Waals surface area contributed by atoms with Crippen LogP contribution in [-0.4, -0.2) is 95.9 Å². The Kier molecular flexibility index (Phi) is 81.3. The zero-order valence-electron chi connectivity index (χ0n) is 70.1. The second-order valence-electron chi connectivity index (χ2n) is 29.3. The summed E-state index contributed by atoms with van der Waals surface area (Å²) in [4.78, 5) is 58.9. The minimum absolute atomic E-state index is 0.0859. The maximum Gasteiger partial charge on any atom is 0.472 e. The van der Waals surface area contributed by atoms with Gasteiger partial charge in [0.2, 0.25) is 0 Å². The van der Waals surface area contributed by atoms with Gasteiger partial charge in [-0.3, -0.25) is 32.5 Å². The van der Waals surface area contributed by atoms with Crippen LogP contribution in [0.1, 0.15) is 367 Å². The molecule has 0 radical (unpaired) electrons. The molecule has 0 spiro atoms. The second-order valence-corrected chi connectivity index (χ2v) is 32.2. The summed E-state index contributed by atoms with van der Waals surface area (Å²) in [7, 11) is -9.81. The van der Waals surface area contributed by atoms with Crippen LogP contribution in [0.3, 0.4) is 0 Å². The summed E-state index contributed by atoms with van der Waals surface area (Å²) >= 11 is 0. The topological polar surface area (TPSA) is 231 Å². The first-order valence-corrected chi connectivity index (χ1v) is 47.1. The van der Waals surface area contributed by atoms with Gasteiger partial charge in [-0.1, -0.05) is 340 Å². The molecule has 0 aliphatic rings. The Balaban J connectivity index is 4.65. The molecule has 0 aromatic rings. The highest BCUT2D eigenvalue weighted by Gasteiger charge is 2.29.